The van der Waals surface area contributed by atoms with E-state index in [1.807, 2.05) is 49.4 Å². The van der Waals surface area contributed by atoms with E-state index < -0.39 is 0 Å². The Morgan fingerprint density at radius 3 is 2.91 bits per heavy atom. The third-order valence-corrected chi connectivity index (χ3v) is 3.97. The van der Waals surface area contributed by atoms with Crippen molar-refractivity contribution in [2.75, 3.05) is 6.54 Å². The van der Waals surface area contributed by atoms with Crippen LogP contribution in [-0.2, 0) is 11.3 Å². The van der Waals surface area contributed by atoms with Crippen molar-refractivity contribution in [3.05, 3.63) is 65.5 Å². The van der Waals surface area contributed by atoms with Gasteiger partial charge in [0.15, 0.2) is 0 Å². The van der Waals surface area contributed by atoms with Crippen molar-refractivity contribution in [3.8, 4) is 0 Å². The molecule has 1 aromatic carbocycles. The molecule has 1 aliphatic heterocycles. The first-order valence-electron chi connectivity index (χ1n) is 7.64. The predicted molar refractivity (Wildman–Crippen MR) is 84.3 cm³/mol. The molecule has 1 saturated heterocycles. The Hall–Kier alpha value is -2.36. The van der Waals surface area contributed by atoms with Gasteiger partial charge in [0, 0.05) is 12.7 Å². The molecule has 22 heavy (non-hydrogen) atoms. The zero-order valence-corrected chi connectivity index (χ0v) is 12.7. The molecule has 1 aliphatic rings. The lowest BCUT2D eigenvalue weighted by Gasteiger charge is -2.23. The maximum absolute atomic E-state index is 12.4. The highest BCUT2D eigenvalue weighted by Gasteiger charge is 2.31. The second kappa shape index (κ2) is 6.60. The van der Waals surface area contributed by atoms with Crippen LogP contribution in [0.3, 0.4) is 0 Å². The monoisotopic (exact) mass is 296 g/mol. The average Bonchev–Trinajstić information content (AvgIpc) is 3.03. The van der Waals surface area contributed by atoms with Gasteiger partial charge in [-0.1, -0.05) is 30.3 Å². The number of rotatable bonds is 3. The molecule has 4 nitrogen and oxygen atoms in total. The van der Waals surface area contributed by atoms with Crippen molar-refractivity contribution in [2.45, 2.75) is 32.4 Å². The van der Waals surface area contributed by atoms with Crippen LogP contribution < -0.4 is 0 Å². The molecular formula is C18H20N2O2. The number of ether oxygens (including phenoxy) is 1. The molecule has 0 spiro atoms. The number of amides is 1. The first-order chi connectivity index (χ1) is 10.7. The second-order valence-electron chi connectivity index (χ2n) is 5.65. The summed E-state index contributed by atoms with van der Waals surface area (Å²) >= 11 is 0. The Morgan fingerprint density at radius 2 is 2.14 bits per heavy atom. The fourth-order valence-electron chi connectivity index (χ4n) is 2.84. The van der Waals surface area contributed by atoms with E-state index in [9.17, 15) is 4.79 Å². The lowest BCUT2D eigenvalue weighted by molar-refractivity contribution is 0.0915. The molecule has 0 saturated carbocycles. The SMILES string of the molecule is Cc1ccnc([C@H]2CCCN2C(=O)OCc2ccccc2)c1. The van der Waals surface area contributed by atoms with Gasteiger partial charge in [0.25, 0.3) is 0 Å². The number of benzene rings is 1. The van der Waals surface area contributed by atoms with Crippen molar-refractivity contribution < 1.29 is 9.53 Å². The molecule has 2 heterocycles. The van der Waals surface area contributed by atoms with Gasteiger partial charge in [-0.3, -0.25) is 9.88 Å². The maximum Gasteiger partial charge on any atom is 0.410 e. The Kier molecular flexibility index (Phi) is 4.37. The van der Waals surface area contributed by atoms with Crippen LogP contribution in [0.25, 0.3) is 0 Å². The highest BCUT2D eigenvalue weighted by Crippen LogP contribution is 2.31. The molecule has 0 unspecified atom stereocenters. The molecule has 0 radical (unpaired) electrons. The van der Waals surface area contributed by atoms with Gasteiger partial charge in [-0.15, -0.1) is 0 Å². The zero-order chi connectivity index (χ0) is 15.4. The van der Waals surface area contributed by atoms with Crippen molar-refractivity contribution in [1.29, 1.82) is 0 Å². The van der Waals surface area contributed by atoms with E-state index in [4.69, 9.17) is 4.74 Å². The van der Waals surface area contributed by atoms with E-state index in [0.29, 0.717) is 6.61 Å². The van der Waals surface area contributed by atoms with Gasteiger partial charge in [-0.2, -0.15) is 0 Å². The Labute approximate surface area is 130 Å². The number of likely N-dealkylation sites (tertiary alicyclic amines) is 1. The van der Waals surface area contributed by atoms with Gasteiger partial charge >= 0.3 is 6.09 Å². The molecule has 0 N–H and O–H groups in total. The van der Waals surface area contributed by atoms with Crippen LogP contribution in [0.1, 0.15) is 35.7 Å². The smallest absolute Gasteiger partial charge is 0.410 e. The van der Waals surface area contributed by atoms with Gasteiger partial charge in [0.1, 0.15) is 6.61 Å². The van der Waals surface area contributed by atoms with E-state index in [-0.39, 0.29) is 12.1 Å². The minimum atomic E-state index is -0.255. The summed E-state index contributed by atoms with van der Waals surface area (Å²) in [5, 5.41) is 0. The van der Waals surface area contributed by atoms with Gasteiger partial charge in [0.05, 0.1) is 11.7 Å². The summed E-state index contributed by atoms with van der Waals surface area (Å²) in [4.78, 5) is 18.6. The van der Waals surface area contributed by atoms with E-state index >= 15 is 0 Å². The topological polar surface area (TPSA) is 42.4 Å². The van der Waals surface area contributed by atoms with Crippen molar-refractivity contribution in [3.63, 3.8) is 0 Å². The van der Waals surface area contributed by atoms with E-state index in [1.165, 1.54) is 0 Å². The molecule has 1 amide bonds. The average molecular weight is 296 g/mol. The zero-order valence-electron chi connectivity index (χ0n) is 12.7. The van der Waals surface area contributed by atoms with Crippen molar-refractivity contribution >= 4 is 6.09 Å². The number of hydrogen-bond acceptors (Lipinski definition) is 3. The van der Waals surface area contributed by atoms with Gasteiger partial charge in [-0.25, -0.2) is 4.79 Å². The van der Waals surface area contributed by atoms with Crippen LogP contribution >= 0.6 is 0 Å². The maximum atomic E-state index is 12.4. The molecule has 2 aromatic rings. The largest absolute Gasteiger partial charge is 0.445 e. The number of aryl methyl sites for hydroxylation is 1. The first kappa shape index (κ1) is 14.6. The third-order valence-electron chi connectivity index (χ3n) is 3.97. The number of hydrogen-bond donors (Lipinski definition) is 0. The molecule has 1 atom stereocenters. The first-order valence-corrected chi connectivity index (χ1v) is 7.64. The van der Waals surface area contributed by atoms with E-state index in [1.54, 1.807) is 11.1 Å². The molecule has 3 rings (SSSR count). The molecule has 0 aliphatic carbocycles. The molecule has 0 bridgehead atoms. The molecule has 114 valence electrons. The van der Waals surface area contributed by atoms with Crippen LogP contribution in [0.5, 0.6) is 0 Å². The fourth-order valence-corrected chi connectivity index (χ4v) is 2.84. The van der Waals surface area contributed by atoms with Gasteiger partial charge in [-0.05, 0) is 43.0 Å². The van der Waals surface area contributed by atoms with Crippen LogP contribution in [0.4, 0.5) is 4.79 Å². The third kappa shape index (κ3) is 3.27. The molecule has 1 fully saturated rings. The number of nitrogens with zero attached hydrogens (tertiary/aromatic N) is 2. The summed E-state index contributed by atoms with van der Waals surface area (Å²) in [5.74, 6) is 0. The fraction of sp³-hybridized carbons (Fsp3) is 0.333. The minimum Gasteiger partial charge on any atom is -0.445 e. The summed E-state index contributed by atoms with van der Waals surface area (Å²) in [6.45, 7) is 3.08. The summed E-state index contributed by atoms with van der Waals surface area (Å²) < 4.78 is 5.45. The Balaban J connectivity index is 1.66. The quantitative estimate of drug-likeness (QED) is 0.863. The highest BCUT2D eigenvalue weighted by molar-refractivity contribution is 5.68. The van der Waals surface area contributed by atoms with E-state index in [2.05, 4.69) is 4.98 Å². The number of aromatic nitrogens is 1. The van der Waals surface area contributed by atoms with Crippen LogP contribution in [0.2, 0.25) is 0 Å². The predicted octanol–water partition coefficient (Wildman–Crippen LogP) is 3.86. The Bertz CT molecular complexity index is 643. The van der Waals surface area contributed by atoms with Crippen LogP contribution in [0.15, 0.2) is 48.7 Å². The normalized spacial score (nSPS) is 17.5. The van der Waals surface area contributed by atoms with Gasteiger partial charge < -0.3 is 4.74 Å². The van der Waals surface area contributed by atoms with E-state index in [0.717, 1.165) is 36.2 Å². The van der Waals surface area contributed by atoms with Crippen molar-refractivity contribution in [1.82, 2.24) is 9.88 Å². The summed E-state index contributed by atoms with van der Waals surface area (Å²) in [6.07, 6.45) is 3.48. The van der Waals surface area contributed by atoms with Gasteiger partial charge in [0.2, 0.25) is 0 Å². The lowest BCUT2D eigenvalue weighted by atomic mass is 10.1. The number of carbonyl (C=O) groups excluding carboxylic acids is 1. The molecule has 4 heteroatoms. The second-order valence-corrected chi connectivity index (χ2v) is 5.65. The van der Waals surface area contributed by atoms with Crippen LogP contribution in [-0.4, -0.2) is 22.5 Å². The minimum absolute atomic E-state index is 0.0307. The highest BCUT2D eigenvalue weighted by atomic mass is 16.6. The Morgan fingerprint density at radius 1 is 1.32 bits per heavy atom. The molecule has 1 aromatic heterocycles. The van der Waals surface area contributed by atoms with Crippen molar-refractivity contribution in [2.24, 2.45) is 0 Å². The number of carbonyl (C=O) groups is 1. The standard InChI is InChI=1S/C18H20N2O2/c1-14-9-10-19-16(12-14)17-8-5-11-20(17)18(21)22-13-15-6-3-2-4-7-15/h2-4,6-7,9-10,12,17H,5,8,11,13H2,1H3/t17-/m1/s1. The summed E-state index contributed by atoms with van der Waals surface area (Å²) in [6, 6.07) is 13.8. The number of pyridine rings is 1. The summed E-state index contributed by atoms with van der Waals surface area (Å²) in [7, 11) is 0. The lowest BCUT2D eigenvalue weighted by Crippen LogP contribution is -2.31. The summed E-state index contributed by atoms with van der Waals surface area (Å²) in [5.41, 5.74) is 3.11. The molecular weight excluding hydrogens is 276 g/mol. The van der Waals surface area contributed by atoms with Crippen LogP contribution in [0, 0.1) is 6.92 Å².